The van der Waals surface area contributed by atoms with Crippen molar-refractivity contribution in [2.24, 2.45) is 17.8 Å². The van der Waals surface area contributed by atoms with Crippen LogP contribution < -0.4 is 5.73 Å². The molecule has 0 saturated carbocycles. The fraction of sp³-hybridized carbons (Fsp3) is 0.692. The molecule has 0 aromatic carbocycles. The Hall–Kier alpha value is -0.480. The molecule has 1 aliphatic rings. The number of likely N-dealkylation sites (N-methyl/N-ethyl adjacent to an activating group) is 1. The molecule has 0 amide bonds. The summed E-state index contributed by atoms with van der Waals surface area (Å²) in [6.07, 6.45) is 3.93. The van der Waals surface area contributed by atoms with Gasteiger partial charge in [-0.2, -0.15) is 16.9 Å². The van der Waals surface area contributed by atoms with Crippen LogP contribution in [0.25, 0.3) is 0 Å². The lowest BCUT2D eigenvalue weighted by molar-refractivity contribution is 0.305. The highest BCUT2D eigenvalue weighted by molar-refractivity contribution is 14.0. The third-order valence-corrected chi connectivity index (χ3v) is 4.44. The molecule has 1 atom stereocenters. The van der Waals surface area contributed by atoms with E-state index >= 15 is 0 Å². The van der Waals surface area contributed by atoms with Crippen LogP contribution in [0.15, 0.2) is 17.4 Å². The maximum absolute atomic E-state index is 6.11. The second-order valence-corrected chi connectivity index (χ2v) is 6.45. The summed E-state index contributed by atoms with van der Waals surface area (Å²) in [4.78, 5) is 8.91. The Labute approximate surface area is 148 Å². The molecule has 2 rings (SSSR count). The maximum atomic E-state index is 6.11. The smallest absolute Gasteiger partial charge is 0.191 e. The summed E-state index contributed by atoms with van der Waals surface area (Å²) in [5, 5.41) is 4.23. The van der Waals surface area contributed by atoms with Gasteiger partial charge in [-0.05, 0) is 14.1 Å². The highest BCUT2D eigenvalue weighted by atomic mass is 127. The Kier molecular flexibility index (Phi) is 7.82. The van der Waals surface area contributed by atoms with E-state index in [9.17, 15) is 0 Å². The molecular weight excluding hydrogens is 399 g/mol. The molecule has 6 nitrogen and oxygen atoms in total. The zero-order valence-electron chi connectivity index (χ0n) is 12.9. The van der Waals surface area contributed by atoms with Gasteiger partial charge in [0.05, 0.1) is 18.8 Å². The molecule has 0 spiro atoms. The molecule has 120 valence electrons. The first-order chi connectivity index (χ1) is 9.58. The fourth-order valence-corrected chi connectivity index (χ4v) is 3.15. The first-order valence-corrected chi connectivity index (χ1v) is 8.01. The van der Waals surface area contributed by atoms with Gasteiger partial charge in [-0.25, -0.2) is 0 Å². The Bertz CT molecular complexity index is 455. The SMILES string of the molecule is CN(C)C(CN=C(N)N1CCSCC1)c1cnn(C)c1.I. The number of halogens is 1. The molecule has 0 aliphatic carbocycles. The van der Waals surface area contributed by atoms with Gasteiger partial charge in [0.1, 0.15) is 0 Å². The molecule has 0 radical (unpaired) electrons. The summed E-state index contributed by atoms with van der Waals surface area (Å²) < 4.78 is 1.82. The Balaban J connectivity index is 0.00000220. The van der Waals surface area contributed by atoms with Gasteiger partial charge >= 0.3 is 0 Å². The predicted octanol–water partition coefficient (Wildman–Crippen LogP) is 1.00. The lowest BCUT2D eigenvalue weighted by Crippen LogP contribution is -2.43. The molecule has 1 aromatic heterocycles. The van der Waals surface area contributed by atoms with Crippen LogP contribution in [0.1, 0.15) is 11.6 Å². The Morgan fingerprint density at radius 3 is 2.67 bits per heavy atom. The van der Waals surface area contributed by atoms with E-state index in [2.05, 4.69) is 34.0 Å². The van der Waals surface area contributed by atoms with Gasteiger partial charge in [0, 0.05) is 43.4 Å². The summed E-state index contributed by atoms with van der Waals surface area (Å²) in [7, 11) is 6.04. The van der Waals surface area contributed by atoms with E-state index < -0.39 is 0 Å². The van der Waals surface area contributed by atoms with Crippen molar-refractivity contribution in [3.63, 3.8) is 0 Å². The molecule has 0 bridgehead atoms. The van der Waals surface area contributed by atoms with Crippen molar-refractivity contribution in [1.82, 2.24) is 19.6 Å². The zero-order valence-corrected chi connectivity index (χ0v) is 16.0. The number of aryl methyl sites for hydroxylation is 1. The van der Waals surface area contributed by atoms with E-state index in [0.29, 0.717) is 12.5 Å². The fourth-order valence-electron chi connectivity index (χ4n) is 2.25. The van der Waals surface area contributed by atoms with Gasteiger partial charge in [-0.3, -0.25) is 9.67 Å². The number of nitrogens with zero attached hydrogens (tertiary/aromatic N) is 5. The van der Waals surface area contributed by atoms with E-state index in [-0.39, 0.29) is 30.0 Å². The van der Waals surface area contributed by atoms with Crippen LogP contribution in [0.3, 0.4) is 0 Å². The maximum Gasteiger partial charge on any atom is 0.191 e. The minimum Gasteiger partial charge on any atom is -0.370 e. The molecule has 1 aliphatic heterocycles. The number of nitrogens with two attached hydrogens (primary N) is 1. The molecule has 2 N–H and O–H groups in total. The van der Waals surface area contributed by atoms with E-state index in [1.165, 1.54) is 5.56 Å². The summed E-state index contributed by atoms with van der Waals surface area (Å²) in [6.45, 7) is 2.66. The lowest BCUT2D eigenvalue weighted by atomic mass is 10.1. The van der Waals surface area contributed by atoms with E-state index in [1.807, 2.05) is 35.9 Å². The third-order valence-electron chi connectivity index (χ3n) is 3.49. The highest BCUT2D eigenvalue weighted by Crippen LogP contribution is 2.18. The number of hydrogen-bond acceptors (Lipinski definition) is 4. The largest absolute Gasteiger partial charge is 0.370 e. The van der Waals surface area contributed by atoms with Crippen LogP contribution in [0.2, 0.25) is 0 Å². The molecule has 1 aromatic rings. The van der Waals surface area contributed by atoms with Crippen molar-refractivity contribution in [1.29, 1.82) is 0 Å². The van der Waals surface area contributed by atoms with Gasteiger partial charge in [-0.15, -0.1) is 24.0 Å². The van der Waals surface area contributed by atoms with E-state index in [0.717, 1.165) is 24.6 Å². The van der Waals surface area contributed by atoms with Crippen molar-refractivity contribution in [3.8, 4) is 0 Å². The van der Waals surface area contributed by atoms with Gasteiger partial charge in [-0.1, -0.05) is 0 Å². The van der Waals surface area contributed by atoms with Crippen LogP contribution in [-0.2, 0) is 7.05 Å². The Morgan fingerprint density at radius 1 is 1.48 bits per heavy atom. The van der Waals surface area contributed by atoms with Crippen molar-refractivity contribution in [2.45, 2.75) is 6.04 Å². The van der Waals surface area contributed by atoms with E-state index in [1.54, 1.807) is 0 Å². The van der Waals surface area contributed by atoms with Crippen molar-refractivity contribution in [2.75, 3.05) is 45.2 Å². The Morgan fingerprint density at radius 2 is 2.14 bits per heavy atom. The minimum absolute atomic E-state index is 0. The number of guanidine groups is 1. The number of aliphatic imine (C=N–C) groups is 1. The quantitative estimate of drug-likeness (QED) is 0.444. The van der Waals surface area contributed by atoms with Gasteiger partial charge < -0.3 is 15.5 Å². The third kappa shape index (κ3) is 5.33. The predicted molar refractivity (Wildman–Crippen MR) is 100 cm³/mol. The van der Waals surface area contributed by atoms with Gasteiger partial charge in [0.15, 0.2) is 5.96 Å². The van der Waals surface area contributed by atoms with Crippen molar-refractivity contribution >= 4 is 41.7 Å². The molecule has 8 heteroatoms. The summed E-state index contributed by atoms with van der Waals surface area (Å²) >= 11 is 1.97. The van der Waals surface area contributed by atoms with Gasteiger partial charge in [0.25, 0.3) is 0 Å². The normalized spacial score (nSPS) is 17.7. The van der Waals surface area contributed by atoms with Crippen LogP contribution in [-0.4, -0.2) is 70.8 Å². The number of rotatable bonds is 4. The second-order valence-electron chi connectivity index (χ2n) is 5.23. The molecule has 1 saturated heterocycles. The number of aromatic nitrogens is 2. The first-order valence-electron chi connectivity index (χ1n) is 6.85. The summed E-state index contributed by atoms with van der Waals surface area (Å²) in [5.41, 5.74) is 7.28. The van der Waals surface area contributed by atoms with Crippen molar-refractivity contribution in [3.05, 3.63) is 18.0 Å². The number of thioether (sulfide) groups is 1. The van der Waals surface area contributed by atoms with Crippen LogP contribution in [0, 0.1) is 0 Å². The zero-order chi connectivity index (χ0) is 14.5. The average Bonchev–Trinajstić information content (AvgIpc) is 2.86. The minimum atomic E-state index is 0. The molecule has 1 unspecified atom stereocenters. The molecule has 21 heavy (non-hydrogen) atoms. The van der Waals surface area contributed by atoms with E-state index in [4.69, 9.17) is 5.73 Å². The van der Waals surface area contributed by atoms with Crippen LogP contribution in [0.4, 0.5) is 0 Å². The van der Waals surface area contributed by atoms with Crippen LogP contribution in [0.5, 0.6) is 0 Å². The van der Waals surface area contributed by atoms with Crippen LogP contribution >= 0.6 is 35.7 Å². The van der Waals surface area contributed by atoms with Crippen molar-refractivity contribution < 1.29 is 0 Å². The van der Waals surface area contributed by atoms with Gasteiger partial charge in [0.2, 0.25) is 0 Å². The second kappa shape index (κ2) is 8.84. The lowest BCUT2D eigenvalue weighted by Gasteiger charge is -2.28. The highest BCUT2D eigenvalue weighted by Gasteiger charge is 2.17. The average molecular weight is 424 g/mol. The molecular formula is C13H25IN6S. The molecule has 2 heterocycles. The summed E-state index contributed by atoms with van der Waals surface area (Å²) in [5.74, 6) is 2.94. The number of hydrogen-bond donors (Lipinski definition) is 1. The monoisotopic (exact) mass is 424 g/mol. The topological polar surface area (TPSA) is 62.7 Å². The summed E-state index contributed by atoms with van der Waals surface area (Å²) in [6, 6.07) is 0.210. The standard InChI is InChI=1S/C13H24N6S.HI/c1-17(2)12(11-8-16-18(3)10-11)9-15-13(14)19-4-6-20-7-5-19;/h8,10,12H,4-7,9H2,1-3H3,(H2,14,15);1H. The molecule has 1 fully saturated rings. The first kappa shape index (κ1) is 18.6.